The van der Waals surface area contributed by atoms with Crippen LogP contribution in [-0.4, -0.2) is 21.1 Å². The molecule has 1 N–H and O–H groups in total. The van der Waals surface area contributed by atoms with Gasteiger partial charge in [-0.2, -0.15) is 0 Å². The number of aryl methyl sites for hydroxylation is 1. The topological polar surface area (TPSA) is 54.9 Å². The van der Waals surface area contributed by atoms with Crippen LogP contribution < -0.4 is 5.32 Å². The number of rotatable bonds is 5. The lowest BCUT2D eigenvalue weighted by Gasteiger charge is -2.13. The van der Waals surface area contributed by atoms with Crippen LogP contribution in [0.3, 0.4) is 0 Å². The molecule has 1 amide bonds. The molecule has 0 aliphatic carbocycles. The molecule has 1 atom stereocenters. The Morgan fingerprint density at radius 3 is 2.44 bits per heavy atom. The van der Waals surface area contributed by atoms with Crippen molar-refractivity contribution in [3.8, 4) is 0 Å². The van der Waals surface area contributed by atoms with Crippen molar-refractivity contribution in [2.45, 2.75) is 30.7 Å². The molecule has 25 heavy (non-hydrogen) atoms. The highest BCUT2D eigenvalue weighted by Crippen LogP contribution is 2.25. The summed E-state index contributed by atoms with van der Waals surface area (Å²) >= 11 is 1.39. The van der Waals surface area contributed by atoms with Gasteiger partial charge in [-0.3, -0.25) is 4.79 Å². The normalized spacial score (nSPS) is 12.1. The SMILES string of the molecule is Cc1nc2ccccc2nc1SC(C)C(=O)NCc1ccc(F)cc1. The molecule has 4 nitrogen and oxygen atoms in total. The Balaban J connectivity index is 1.64. The van der Waals surface area contributed by atoms with Crippen LogP contribution in [0.4, 0.5) is 4.39 Å². The first-order chi connectivity index (χ1) is 12.0. The molecule has 1 heterocycles. The standard InChI is InChI=1S/C19H18FN3OS/c1-12-19(23-17-6-4-3-5-16(17)22-12)25-13(2)18(24)21-11-14-7-9-15(20)10-8-14/h3-10,13H,11H2,1-2H3,(H,21,24). The van der Waals surface area contributed by atoms with Gasteiger partial charge in [0.15, 0.2) is 0 Å². The number of amides is 1. The molecular weight excluding hydrogens is 337 g/mol. The lowest BCUT2D eigenvalue weighted by molar-refractivity contribution is -0.120. The van der Waals surface area contributed by atoms with Crippen LogP contribution in [0.15, 0.2) is 53.6 Å². The molecule has 1 aromatic heterocycles. The highest BCUT2D eigenvalue weighted by atomic mass is 32.2. The monoisotopic (exact) mass is 355 g/mol. The van der Waals surface area contributed by atoms with Crippen molar-refractivity contribution in [2.24, 2.45) is 0 Å². The number of nitrogens with one attached hydrogen (secondary N) is 1. The van der Waals surface area contributed by atoms with Crippen molar-refractivity contribution in [3.63, 3.8) is 0 Å². The largest absolute Gasteiger partial charge is 0.351 e. The molecule has 0 aliphatic rings. The minimum atomic E-state index is -0.311. The van der Waals surface area contributed by atoms with E-state index in [-0.39, 0.29) is 17.0 Å². The number of fused-ring (bicyclic) bond motifs is 1. The molecule has 3 aromatic rings. The summed E-state index contributed by atoms with van der Waals surface area (Å²) < 4.78 is 12.9. The first-order valence-corrected chi connectivity index (χ1v) is 8.83. The Labute approximate surface area is 149 Å². The second-order valence-electron chi connectivity index (χ2n) is 5.71. The van der Waals surface area contributed by atoms with Crippen LogP contribution in [0.5, 0.6) is 0 Å². The first kappa shape index (κ1) is 17.4. The maximum Gasteiger partial charge on any atom is 0.233 e. The molecule has 1 unspecified atom stereocenters. The van der Waals surface area contributed by atoms with Gasteiger partial charge in [-0.05, 0) is 43.7 Å². The summed E-state index contributed by atoms with van der Waals surface area (Å²) in [6.07, 6.45) is 0. The predicted octanol–water partition coefficient (Wildman–Crippen LogP) is 3.87. The summed E-state index contributed by atoms with van der Waals surface area (Å²) in [7, 11) is 0. The predicted molar refractivity (Wildman–Crippen MR) is 97.8 cm³/mol. The zero-order chi connectivity index (χ0) is 17.8. The van der Waals surface area contributed by atoms with E-state index in [0.717, 1.165) is 27.3 Å². The smallest absolute Gasteiger partial charge is 0.233 e. The van der Waals surface area contributed by atoms with E-state index >= 15 is 0 Å². The zero-order valence-corrected chi connectivity index (χ0v) is 14.8. The number of aromatic nitrogens is 2. The van der Waals surface area contributed by atoms with Crippen LogP contribution in [-0.2, 0) is 11.3 Å². The van der Waals surface area contributed by atoms with Gasteiger partial charge in [-0.15, -0.1) is 0 Å². The quantitative estimate of drug-likeness (QED) is 0.706. The minimum Gasteiger partial charge on any atom is -0.351 e. The molecule has 0 spiro atoms. The average Bonchev–Trinajstić information content (AvgIpc) is 2.61. The second kappa shape index (κ2) is 7.61. The molecule has 0 radical (unpaired) electrons. The Morgan fingerprint density at radius 1 is 1.12 bits per heavy atom. The molecule has 0 saturated heterocycles. The molecule has 2 aromatic carbocycles. The number of para-hydroxylation sites is 2. The number of nitrogens with zero attached hydrogens (tertiary/aromatic N) is 2. The third-order valence-corrected chi connectivity index (χ3v) is 4.92. The third kappa shape index (κ3) is 4.33. The van der Waals surface area contributed by atoms with Gasteiger partial charge in [0, 0.05) is 6.54 Å². The van der Waals surface area contributed by atoms with Gasteiger partial charge in [0.1, 0.15) is 10.8 Å². The minimum absolute atomic E-state index is 0.0938. The van der Waals surface area contributed by atoms with E-state index in [9.17, 15) is 9.18 Å². The molecule has 0 aliphatic heterocycles. The molecule has 128 valence electrons. The number of halogens is 1. The lowest BCUT2D eigenvalue weighted by atomic mass is 10.2. The Morgan fingerprint density at radius 2 is 1.76 bits per heavy atom. The van der Waals surface area contributed by atoms with Gasteiger partial charge in [-0.1, -0.05) is 36.0 Å². The van der Waals surface area contributed by atoms with Crippen LogP contribution in [0.2, 0.25) is 0 Å². The fraction of sp³-hybridized carbons (Fsp3) is 0.211. The van der Waals surface area contributed by atoms with Crippen LogP contribution in [0.1, 0.15) is 18.2 Å². The first-order valence-electron chi connectivity index (χ1n) is 7.95. The van der Waals surface area contributed by atoms with Crippen molar-refractivity contribution in [1.29, 1.82) is 0 Å². The van der Waals surface area contributed by atoms with Gasteiger partial charge >= 0.3 is 0 Å². The Bertz CT molecular complexity index is 899. The van der Waals surface area contributed by atoms with Crippen molar-refractivity contribution >= 4 is 28.7 Å². The fourth-order valence-corrected chi connectivity index (χ4v) is 3.23. The van der Waals surface area contributed by atoms with Gasteiger partial charge in [-0.25, -0.2) is 14.4 Å². The number of hydrogen-bond acceptors (Lipinski definition) is 4. The maximum absolute atomic E-state index is 12.9. The third-order valence-electron chi connectivity index (χ3n) is 3.74. The number of thioether (sulfide) groups is 1. The van der Waals surface area contributed by atoms with Gasteiger partial charge < -0.3 is 5.32 Å². The summed E-state index contributed by atoms with van der Waals surface area (Å²) in [5.74, 6) is -0.381. The van der Waals surface area contributed by atoms with Crippen molar-refractivity contribution in [2.75, 3.05) is 0 Å². The summed E-state index contributed by atoms with van der Waals surface area (Å²) in [5.41, 5.74) is 3.32. The van der Waals surface area contributed by atoms with E-state index in [0.29, 0.717) is 6.54 Å². The molecule has 0 fully saturated rings. The highest BCUT2D eigenvalue weighted by Gasteiger charge is 2.17. The zero-order valence-electron chi connectivity index (χ0n) is 14.0. The average molecular weight is 355 g/mol. The Kier molecular flexibility index (Phi) is 5.28. The fourth-order valence-electron chi connectivity index (χ4n) is 2.34. The number of benzene rings is 2. The maximum atomic E-state index is 12.9. The summed E-state index contributed by atoms with van der Waals surface area (Å²) in [6, 6.07) is 13.8. The van der Waals surface area contributed by atoms with Crippen LogP contribution in [0.25, 0.3) is 11.0 Å². The van der Waals surface area contributed by atoms with E-state index < -0.39 is 0 Å². The van der Waals surface area contributed by atoms with Crippen molar-refractivity contribution in [3.05, 3.63) is 65.6 Å². The lowest BCUT2D eigenvalue weighted by Crippen LogP contribution is -2.30. The molecule has 0 saturated carbocycles. The molecule has 0 bridgehead atoms. The van der Waals surface area contributed by atoms with Crippen LogP contribution >= 0.6 is 11.8 Å². The molecular formula is C19H18FN3OS. The van der Waals surface area contributed by atoms with E-state index in [1.807, 2.05) is 38.1 Å². The number of carbonyl (C=O) groups excluding carboxylic acids is 1. The summed E-state index contributed by atoms with van der Waals surface area (Å²) in [6.45, 7) is 4.10. The van der Waals surface area contributed by atoms with E-state index in [4.69, 9.17) is 0 Å². The van der Waals surface area contributed by atoms with E-state index in [1.165, 1.54) is 23.9 Å². The van der Waals surface area contributed by atoms with Gasteiger partial charge in [0.2, 0.25) is 5.91 Å². The second-order valence-corrected chi connectivity index (χ2v) is 7.04. The van der Waals surface area contributed by atoms with E-state index in [1.54, 1.807) is 12.1 Å². The number of carbonyl (C=O) groups is 1. The van der Waals surface area contributed by atoms with E-state index in [2.05, 4.69) is 15.3 Å². The van der Waals surface area contributed by atoms with Crippen LogP contribution in [0, 0.1) is 12.7 Å². The molecule has 3 rings (SSSR count). The number of hydrogen-bond donors (Lipinski definition) is 1. The highest BCUT2D eigenvalue weighted by molar-refractivity contribution is 8.00. The summed E-state index contributed by atoms with van der Waals surface area (Å²) in [4.78, 5) is 21.5. The van der Waals surface area contributed by atoms with Gasteiger partial charge in [0.05, 0.1) is 22.0 Å². The summed E-state index contributed by atoms with van der Waals surface area (Å²) in [5, 5.41) is 3.31. The van der Waals surface area contributed by atoms with Crippen molar-refractivity contribution < 1.29 is 9.18 Å². The van der Waals surface area contributed by atoms with Crippen molar-refractivity contribution in [1.82, 2.24) is 15.3 Å². The molecule has 6 heteroatoms. The van der Waals surface area contributed by atoms with Gasteiger partial charge in [0.25, 0.3) is 0 Å². The Hall–Kier alpha value is -2.47.